The van der Waals surface area contributed by atoms with Crippen LogP contribution in [0.25, 0.3) is 0 Å². The Labute approximate surface area is 150 Å². The second-order valence-electron chi connectivity index (χ2n) is 4.99. The zero-order chi connectivity index (χ0) is 17.9. The molecule has 0 bridgehead atoms. The van der Waals surface area contributed by atoms with Crippen LogP contribution in [0.3, 0.4) is 0 Å². The lowest BCUT2D eigenvalue weighted by molar-refractivity contribution is 0.174. The highest BCUT2D eigenvalue weighted by molar-refractivity contribution is 7.89. The molecule has 0 amide bonds. The Morgan fingerprint density at radius 1 is 1.28 bits per heavy atom. The number of fused-ring (bicyclic) bond motifs is 1. The number of hydrazone groups is 1. The molecule has 0 spiro atoms. The summed E-state index contributed by atoms with van der Waals surface area (Å²) in [4.78, 5) is 2.23. The Morgan fingerprint density at radius 3 is 2.76 bits per heavy atom. The maximum Gasteiger partial charge on any atom is 0.276 e. The SMILES string of the molecule is CCOc1ccc(S(=O)(=O)N/N=C\c2cc(Cl)c3c(c2)OCO3)cc1. The summed E-state index contributed by atoms with van der Waals surface area (Å²) in [6, 6.07) is 9.31. The third-order valence-corrected chi connectivity index (χ3v) is 4.80. The second-order valence-corrected chi connectivity index (χ2v) is 7.06. The Morgan fingerprint density at radius 2 is 2.04 bits per heavy atom. The van der Waals surface area contributed by atoms with Crippen molar-refractivity contribution in [3.8, 4) is 17.2 Å². The Kier molecular flexibility index (Phi) is 5.00. The average Bonchev–Trinajstić information content (AvgIpc) is 3.05. The van der Waals surface area contributed by atoms with Crippen molar-refractivity contribution in [2.24, 2.45) is 5.10 Å². The number of hydrogen-bond donors (Lipinski definition) is 1. The fourth-order valence-corrected chi connectivity index (χ4v) is 3.23. The number of hydrogen-bond acceptors (Lipinski definition) is 6. The summed E-state index contributed by atoms with van der Waals surface area (Å²) in [5.41, 5.74) is 0.573. The summed E-state index contributed by atoms with van der Waals surface area (Å²) < 4.78 is 40.2. The normalized spacial score (nSPS) is 13.2. The van der Waals surface area contributed by atoms with Crippen molar-refractivity contribution < 1.29 is 22.6 Å². The predicted octanol–water partition coefficient (Wildman–Crippen LogP) is 2.78. The van der Waals surface area contributed by atoms with Gasteiger partial charge in [-0.1, -0.05) is 11.6 Å². The van der Waals surface area contributed by atoms with E-state index in [2.05, 4.69) is 9.93 Å². The van der Waals surface area contributed by atoms with Gasteiger partial charge in [-0.3, -0.25) is 0 Å². The highest BCUT2D eigenvalue weighted by Crippen LogP contribution is 2.39. The van der Waals surface area contributed by atoms with E-state index in [1.54, 1.807) is 24.3 Å². The number of rotatable bonds is 6. The number of nitrogens with zero attached hydrogens (tertiary/aromatic N) is 1. The Balaban J connectivity index is 1.71. The van der Waals surface area contributed by atoms with Gasteiger partial charge < -0.3 is 14.2 Å². The van der Waals surface area contributed by atoms with Gasteiger partial charge in [0, 0.05) is 0 Å². The van der Waals surface area contributed by atoms with Crippen LogP contribution in [0.4, 0.5) is 0 Å². The van der Waals surface area contributed by atoms with E-state index in [0.717, 1.165) is 0 Å². The molecule has 132 valence electrons. The van der Waals surface area contributed by atoms with Gasteiger partial charge in [-0.05, 0) is 48.9 Å². The van der Waals surface area contributed by atoms with E-state index in [4.69, 9.17) is 25.8 Å². The number of benzene rings is 2. The molecule has 3 rings (SSSR count). The quantitative estimate of drug-likeness (QED) is 0.613. The lowest BCUT2D eigenvalue weighted by Gasteiger charge is -2.06. The van der Waals surface area contributed by atoms with E-state index in [1.165, 1.54) is 18.3 Å². The van der Waals surface area contributed by atoms with Crippen LogP contribution in [0.5, 0.6) is 17.2 Å². The highest BCUT2D eigenvalue weighted by Gasteiger charge is 2.18. The molecule has 1 aliphatic heterocycles. The molecule has 0 aliphatic carbocycles. The Hall–Kier alpha value is -2.45. The molecule has 0 fully saturated rings. The van der Waals surface area contributed by atoms with Crippen molar-refractivity contribution in [2.45, 2.75) is 11.8 Å². The van der Waals surface area contributed by atoms with E-state index < -0.39 is 10.0 Å². The number of nitrogens with one attached hydrogen (secondary N) is 1. The monoisotopic (exact) mass is 382 g/mol. The molecule has 1 N–H and O–H groups in total. The Bertz CT molecular complexity index is 897. The first-order chi connectivity index (χ1) is 12.0. The summed E-state index contributed by atoms with van der Waals surface area (Å²) in [6.45, 7) is 2.45. The minimum absolute atomic E-state index is 0.0804. The van der Waals surface area contributed by atoms with Gasteiger partial charge in [-0.15, -0.1) is 0 Å². The van der Waals surface area contributed by atoms with Crippen LogP contribution in [0.15, 0.2) is 46.4 Å². The van der Waals surface area contributed by atoms with Gasteiger partial charge in [0.05, 0.1) is 22.7 Å². The van der Waals surface area contributed by atoms with Gasteiger partial charge >= 0.3 is 0 Å². The van der Waals surface area contributed by atoms with Crippen molar-refractivity contribution >= 4 is 27.8 Å². The summed E-state index contributed by atoms with van der Waals surface area (Å²) in [7, 11) is -3.78. The third-order valence-electron chi connectivity index (χ3n) is 3.28. The van der Waals surface area contributed by atoms with Gasteiger partial charge in [0.15, 0.2) is 11.5 Å². The minimum Gasteiger partial charge on any atom is -0.494 e. The standard InChI is InChI=1S/C16H15ClN2O5S/c1-2-22-12-3-5-13(6-4-12)25(20,21)19-18-9-11-7-14(17)16-15(8-11)23-10-24-16/h3-9,19H,2,10H2,1H3/b18-9-. The third kappa shape index (κ3) is 3.97. The van der Waals surface area contributed by atoms with Gasteiger partial charge in [0.1, 0.15) is 5.75 Å². The van der Waals surface area contributed by atoms with Crippen molar-refractivity contribution in [3.05, 3.63) is 47.0 Å². The topological polar surface area (TPSA) is 86.2 Å². The second kappa shape index (κ2) is 7.20. The number of ether oxygens (including phenoxy) is 3. The molecular weight excluding hydrogens is 368 g/mol. The smallest absolute Gasteiger partial charge is 0.276 e. The van der Waals surface area contributed by atoms with E-state index in [-0.39, 0.29) is 11.7 Å². The van der Waals surface area contributed by atoms with E-state index in [9.17, 15) is 8.42 Å². The average molecular weight is 383 g/mol. The molecule has 0 saturated carbocycles. The zero-order valence-electron chi connectivity index (χ0n) is 13.2. The first-order valence-corrected chi connectivity index (χ1v) is 9.22. The summed E-state index contributed by atoms with van der Waals surface area (Å²) in [6.07, 6.45) is 1.33. The predicted molar refractivity (Wildman–Crippen MR) is 93.1 cm³/mol. The van der Waals surface area contributed by atoms with Gasteiger partial charge in [-0.25, -0.2) is 4.83 Å². The van der Waals surface area contributed by atoms with Crippen molar-refractivity contribution in [2.75, 3.05) is 13.4 Å². The maximum absolute atomic E-state index is 12.2. The van der Waals surface area contributed by atoms with Crippen LogP contribution < -0.4 is 19.0 Å². The molecule has 1 heterocycles. The molecule has 0 atom stereocenters. The largest absolute Gasteiger partial charge is 0.494 e. The number of halogens is 1. The van der Waals surface area contributed by atoms with Crippen molar-refractivity contribution in [1.29, 1.82) is 0 Å². The summed E-state index contributed by atoms with van der Waals surface area (Å²) in [5, 5.41) is 4.13. The molecule has 1 aliphatic rings. The van der Waals surface area contributed by atoms with E-state index in [0.29, 0.717) is 34.4 Å². The molecule has 2 aromatic rings. The lowest BCUT2D eigenvalue weighted by atomic mass is 10.2. The summed E-state index contributed by atoms with van der Waals surface area (Å²) >= 11 is 6.06. The molecular formula is C16H15ClN2O5S. The van der Waals surface area contributed by atoms with Crippen LogP contribution in [-0.4, -0.2) is 28.0 Å². The molecule has 9 heteroatoms. The van der Waals surface area contributed by atoms with Gasteiger partial charge in [0.2, 0.25) is 6.79 Å². The van der Waals surface area contributed by atoms with Crippen LogP contribution in [-0.2, 0) is 10.0 Å². The molecule has 0 radical (unpaired) electrons. The first-order valence-electron chi connectivity index (χ1n) is 7.36. The zero-order valence-corrected chi connectivity index (χ0v) is 14.8. The number of sulfonamides is 1. The van der Waals surface area contributed by atoms with E-state index >= 15 is 0 Å². The first kappa shape index (κ1) is 17.4. The molecule has 0 unspecified atom stereocenters. The fourth-order valence-electron chi connectivity index (χ4n) is 2.17. The lowest BCUT2D eigenvalue weighted by Crippen LogP contribution is -2.18. The molecule has 25 heavy (non-hydrogen) atoms. The van der Waals surface area contributed by atoms with E-state index in [1.807, 2.05) is 6.92 Å². The molecule has 0 aromatic heterocycles. The van der Waals surface area contributed by atoms with Crippen molar-refractivity contribution in [3.63, 3.8) is 0 Å². The van der Waals surface area contributed by atoms with Gasteiger partial charge in [0.25, 0.3) is 10.0 Å². The minimum atomic E-state index is -3.78. The fraction of sp³-hybridized carbons (Fsp3) is 0.188. The molecule has 2 aromatic carbocycles. The maximum atomic E-state index is 12.2. The summed E-state index contributed by atoms with van der Waals surface area (Å²) in [5.74, 6) is 1.55. The molecule has 7 nitrogen and oxygen atoms in total. The van der Waals surface area contributed by atoms with Crippen LogP contribution >= 0.6 is 11.6 Å². The van der Waals surface area contributed by atoms with Crippen LogP contribution in [0.2, 0.25) is 5.02 Å². The highest BCUT2D eigenvalue weighted by atomic mass is 35.5. The van der Waals surface area contributed by atoms with Crippen LogP contribution in [0, 0.1) is 0 Å². The van der Waals surface area contributed by atoms with Gasteiger partial charge in [-0.2, -0.15) is 13.5 Å². The van der Waals surface area contributed by atoms with Crippen molar-refractivity contribution in [1.82, 2.24) is 4.83 Å². The molecule has 0 saturated heterocycles. The van der Waals surface area contributed by atoms with Crippen LogP contribution in [0.1, 0.15) is 12.5 Å².